The molecular formula is C7H9FN2. The lowest BCUT2D eigenvalue weighted by Crippen LogP contribution is -1.96. The molecule has 0 aliphatic heterocycles. The van der Waals surface area contributed by atoms with Crippen molar-refractivity contribution in [1.82, 2.24) is 9.97 Å². The molecule has 1 aromatic rings. The summed E-state index contributed by atoms with van der Waals surface area (Å²) in [4.78, 5) is 7.68. The largest absolute Gasteiger partial charge is 0.238 e. The molecule has 0 aliphatic carbocycles. The Balaban J connectivity index is 3.04. The summed E-state index contributed by atoms with van der Waals surface area (Å²) < 4.78 is 12.5. The summed E-state index contributed by atoms with van der Waals surface area (Å²) in [5, 5.41) is 0. The highest BCUT2D eigenvalue weighted by Crippen LogP contribution is 2.00. The van der Waals surface area contributed by atoms with Gasteiger partial charge in [-0.2, -0.15) is 0 Å². The van der Waals surface area contributed by atoms with Crippen molar-refractivity contribution in [1.29, 1.82) is 0 Å². The van der Waals surface area contributed by atoms with Gasteiger partial charge in [-0.3, -0.25) is 0 Å². The van der Waals surface area contributed by atoms with E-state index in [0.29, 0.717) is 11.5 Å². The molecule has 1 heterocycles. The Kier molecular flexibility index (Phi) is 1.94. The van der Waals surface area contributed by atoms with Crippen LogP contribution in [0.3, 0.4) is 0 Å². The molecular weight excluding hydrogens is 131 g/mol. The van der Waals surface area contributed by atoms with E-state index < -0.39 is 0 Å². The van der Waals surface area contributed by atoms with Gasteiger partial charge in [0.2, 0.25) is 0 Å². The van der Waals surface area contributed by atoms with Gasteiger partial charge in [0.15, 0.2) is 5.82 Å². The normalized spacial score (nSPS) is 9.90. The predicted molar refractivity (Wildman–Crippen MR) is 36.1 cm³/mol. The zero-order valence-electron chi connectivity index (χ0n) is 6.06. The molecule has 0 radical (unpaired) electrons. The molecule has 0 saturated heterocycles. The van der Waals surface area contributed by atoms with Gasteiger partial charge in [0, 0.05) is 6.42 Å². The van der Waals surface area contributed by atoms with E-state index in [4.69, 9.17) is 0 Å². The first-order chi connectivity index (χ1) is 4.74. The summed E-state index contributed by atoms with van der Waals surface area (Å²) in [5.41, 5.74) is 0.423. The first-order valence-electron chi connectivity index (χ1n) is 3.22. The Morgan fingerprint density at radius 2 is 2.30 bits per heavy atom. The van der Waals surface area contributed by atoms with Crippen molar-refractivity contribution in [3.8, 4) is 0 Å². The van der Waals surface area contributed by atoms with Crippen LogP contribution < -0.4 is 0 Å². The molecule has 0 unspecified atom stereocenters. The van der Waals surface area contributed by atoms with Crippen molar-refractivity contribution in [2.24, 2.45) is 0 Å². The summed E-state index contributed by atoms with van der Waals surface area (Å²) in [6, 6.07) is 0. The summed E-state index contributed by atoms with van der Waals surface area (Å²) in [6.07, 6.45) is 1.96. The van der Waals surface area contributed by atoms with Crippen molar-refractivity contribution in [3.05, 3.63) is 23.5 Å². The quantitative estimate of drug-likeness (QED) is 0.590. The second-order valence-electron chi connectivity index (χ2n) is 2.07. The second kappa shape index (κ2) is 2.73. The molecule has 0 amide bonds. The van der Waals surface area contributed by atoms with Crippen LogP contribution in [0.2, 0.25) is 0 Å². The van der Waals surface area contributed by atoms with Gasteiger partial charge in [0.25, 0.3) is 0 Å². The fourth-order valence-electron chi connectivity index (χ4n) is 0.671. The highest BCUT2D eigenvalue weighted by molar-refractivity contribution is 5.02. The third-order valence-corrected chi connectivity index (χ3v) is 1.29. The van der Waals surface area contributed by atoms with Crippen LogP contribution in [0.15, 0.2) is 6.20 Å². The second-order valence-corrected chi connectivity index (χ2v) is 2.07. The van der Waals surface area contributed by atoms with Crippen LogP contribution in [-0.4, -0.2) is 9.97 Å². The number of aromatic nitrogens is 2. The minimum absolute atomic E-state index is 0.336. The average Bonchev–Trinajstić information content (AvgIpc) is 1.95. The van der Waals surface area contributed by atoms with Crippen molar-refractivity contribution >= 4 is 0 Å². The van der Waals surface area contributed by atoms with Crippen molar-refractivity contribution in [2.75, 3.05) is 0 Å². The minimum Gasteiger partial charge on any atom is -0.238 e. The molecule has 1 aromatic heterocycles. The van der Waals surface area contributed by atoms with Gasteiger partial charge in [-0.05, 0) is 6.92 Å². The number of halogens is 1. The van der Waals surface area contributed by atoms with Crippen LogP contribution in [0, 0.1) is 12.7 Å². The maximum Gasteiger partial charge on any atom is 0.162 e. The first-order valence-corrected chi connectivity index (χ1v) is 3.22. The molecule has 0 bridgehead atoms. The van der Waals surface area contributed by atoms with Crippen LogP contribution in [-0.2, 0) is 6.42 Å². The first kappa shape index (κ1) is 7.12. The molecule has 0 N–H and O–H groups in total. The third-order valence-electron chi connectivity index (χ3n) is 1.29. The van der Waals surface area contributed by atoms with Crippen LogP contribution in [0.4, 0.5) is 4.39 Å². The molecule has 0 atom stereocenters. The topological polar surface area (TPSA) is 25.8 Å². The van der Waals surface area contributed by atoms with Crippen LogP contribution in [0.1, 0.15) is 18.4 Å². The van der Waals surface area contributed by atoms with Gasteiger partial charge < -0.3 is 0 Å². The molecule has 3 heteroatoms. The van der Waals surface area contributed by atoms with E-state index in [1.54, 1.807) is 6.92 Å². The molecule has 1 rings (SSSR count). The Bertz CT molecular complexity index is 235. The third kappa shape index (κ3) is 1.29. The summed E-state index contributed by atoms with van der Waals surface area (Å²) >= 11 is 0. The Hall–Kier alpha value is -0.990. The SMILES string of the molecule is CCc1ncc(F)c(C)n1. The van der Waals surface area contributed by atoms with E-state index in [1.807, 2.05) is 6.92 Å². The Labute approximate surface area is 59.1 Å². The lowest BCUT2D eigenvalue weighted by atomic mass is 10.4. The van der Waals surface area contributed by atoms with Crippen LogP contribution in [0.25, 0.3) is 0 Å². The standard InChI is InChI=1S/C7H9FN2/c1-3-7-9-4-6(8)5(2)10-7/h4H,3H2,1-2H3. The van der Waals surface area contributed by atoms with Crippen molar-refractivity contribution in [3.63, 3.8) is 0 Å². The van der Waals surface area contributed by atoms with Gasteiger partial charge in [-0.15, -0.1) is 0 Å². The maximum absolute atomic E-state index is 12.5. The predicted octanol–water partition coefficient (Wildman–Crippen LogP) is 1.49. The van der Waals surface area contributed by atoms with E-state index in [0.717, 1.165) is 6.42 Å². The average molecular weight is 140 g/mol. The highest BCUT2D eigenvalue weighted by Gasteiger charge is 1.98. The summed E-state index contributed by atoms with van der Waals surface area (Å²) in [6.45, 7) is 3.57. The van der Waals surface area contributed by atoms with E-state index in [2.05, 4.69) is 9.97 Å². The van der Waals surface area contributed by atoms with Crippen LogP contribution in [0.5, 0.6) is 0 Å². The highest BCUT2D eigenvalue weighted by atomic mass is 19.1. The molecule has 0 fully saturated rings. The summed E-state index contributed by atoms with van der Waals surface area (Å²) in [5.74, 6) is 0.358. The Morgan fingerprint density at radius 3 is 2.80 bits per heavy atom. The number of rotatable bonds is 1. The lowest BCUT2D eigenvalue weighted by Gasteiger charge is -1.96. The minimum atomic E-state index is -0.336. The number of hydrogen-bond donors (Lipinski definition) is 0. The summed E-state index contributed by atoms with van der Waals surface area (Å²) in [7, 11) is 0. The van der Waals surface area contributed by atoms with Gasteiger partial charge in [0.1, 0.15) is 5.82 Å². The monoisotopic (exact) mass is 140 g/mol. The molecule has 0 aliphatic rings. The molecule has 0 saturated carbocycles. The van der Waals surface area contributed by atoms with Crippen molar-refractivity contribution < 1.29 is 4.39 Å². The van der Waals surface area contributed by atoms with Gasteiger partial charge in [-0.1, -0.05) is 6.92 Å². The van der Waals surface area contributed by atoms with E-state index >= 15 is 0 Å². The Morgan fingerprint density at radius 1 is 1.60 bits per heavy atom. The zero-order chi connectivity index (χ0) is 7.56. The van der Waals surface area contributed by atoms with Crippen molar-refractivity contribution in [2.45, 2.75) is 20.3 Å². The fraction of sp³-hybridized carbons (Fsp3) is 0.429. The molecule has 54 valence electrons. The lowest BCUT2D eigenvalue weighted by molar-refractivity contribution is 0.596. The molecule has 2 nitrogen and oxygen atoms in total. The van der Waals surface area contributed by atoms with Gasteiger partial charge in [0.05, 0.1) is 11.9 Å². The molecule has 0 aromatic carbocycles. The van der Waals surface area contributed by atoms with E-state index in [-0.39, 0.29) is 5.82 Å². The van der Waals surface area contributed by atoms with Gasteiger partial charge in [-0.25, -0.2) is 14.4 Å². The van der Waals surface area contributed by atoms with Gasteiger partial charge >= 0.3 is 0 Å². The zero-order valence-corrected chi connectivity index (χ0v) is 6.06. The van der Waals surface area contributed by atoms with E-state index in [9.17, 15) is 4.39 Å². The molecule has 10 heavy (non-hydrogen) atoms. The van der Waals surface area contributed by atoms with Crippen LogP contribution >= 0.6 is 0 Å². The number of nitrogens with zero attached hydrogens (tertiary/aromatic N) is 2. The maximum atomic E-state index is 12.5. The smallest absolute Gasteiger partial charge is 0.162 e. The number of aryl methyl sites for hydroxylation is 2. The number of hydrogen-bond acceptors (Lipinski definition) is 2. The fourth-order valence-corrected chi connectivity index (χ4v) is 0.671. The van der Waals surface area contributed by atoms with E-state index in [1.165, 1.54) is 6.20 Å². The molecule has 0 spiro atoms.